The van der Waals surface area contributed by atoms with Crippen molar-refractivity contribution >= 4 is 21.6 Å². The number of benzene rings is 1. The van der Waals surface area contributed by atoms with E-state index >= 15 is 0 Å². The monoisotopic (exact) mass is 291 g/mol. The van der Waals surface area contributed by atoms with Gasteiger partial charge in [0.25, 0.3) is 0 Å². The summed E-state index contributed by atoms with van der Waals surface area (Å²) < 4.78 is 6.64. The quantitative estimate of drug-likeness (QED) is 0.915. The number of morpholine rings is 1. The molecule has 0 radical (unpaired) electrons. The normalized spacial score (nSPS) is 18.4. The fourth-order valence-corrected chi connectivity index (χ4v) is 3.41. The van der Waals surface area contributed by atoms with E-state index in [0.29, 0.717) is 6.04 Å². The van der Waals surface area contributed by atoms with Crippen molar-refractivity contribution < 1.29 is 4.74 Å². The van der Waals surface area contributed by atoms with Gasteiger partial charge in [-0.2, -0.15) is 0 Å². The van der Waals surface area contributed by atoms with E-state index in [2.05, 4.69) is 40.3 Å². The van der Waals surface area contributed by atoms with Crippen LogP contribution in [0.4, 0.5) is 0 Å². The second-order valence-corrected chi connectivity index (χ2v) is 6.39. The first kappa shape index (κ1) is 13.9. The Labute approximate surface area is 123 Å². The van der Waals surface area contributed by atoms with Gasteiger partial charge in [-0.25, -0.2) is 4.98 Å². The Bertz CT molecular complexity index is 518. The number of aromatic nitrogens is 1. The van der Waals surface area contributed by atoms with Crippen molar-refractivity contribution in [2.24, 2.45) is 0 Å². The molecule has 1 N–H and O–H groups in total. The lowest BCUT2D eigenvalue weighted by Crippen LogP contribution is -2.44. The summed E-state index contributed by atoms with van der Waals surface area (Å²) in [5.74, 6) is 0. The molecule has 0 aliphatic carbocycles. The lowest BCUT2D eigenvalue weighted by atomic mass is 10.3. The van der Waals surface area contributed by atoms with Gasteiger partial charge in [0.2, 0.25) is 0 Å². The summed E-state index contributed by atoms with van der Waals surface area (Å²) in [5.41, 5.74) is 1.11. The average Bonchev–Trinajstić information content (AvgIpc) is 2.89. The van der Waals surface area contributed by atoms with Crippen LogP contribution in [0.25, 0.3) is 10.2 Å². The molecule has 4 nitrogen and oxygen atoms in total. The third-order valence-corrected chi connectivity index (χ3v) is 4.61. The van der Waals surface area contributed by atoms with Gasteiger partial charge < -0.3 is 10.1 Å². The van der Waals surface area contributed by atoms with Crippen LogP contribution in [-0.2, 0) is 11.3 Å². The SMILES string of the molecule is CC(CN1CCOCC1)NCc1nc2ccccc2s1. The van der Waals surface area contributed by atoms with Crippen molar-refractivity contribution in [3.63, 3.8) is 0 Å². The van der Waals surface area contributed by atoms with E-state index in [-0.39, 0.29) is 0 Å². The fraction of sp³-hybridized carbons (Fsp3) is 0.533. The molecule has 1 fully saturated rings. The first-order valence-electron chi connectivity index (χ1n) is 7.19. The zero-order chi connectivity index (χ0) is 13.8. The van der Waals surface area contributed by atoms with Crippen molar-refractivity contribution in [1.29, 1.82) is 0 Å². The molecule has 3 rings (SSSR count). The summed E-state index contributed by atoms with van der Waals surface area (Å²) in [7, 11) is 0. The van der Waals surface area contributed by atoms with E-state index < -0.39 is 0 Å². The summed E-state index contributed by atoms with van der Waals surface area (Å²) in [6.45, 7) is 8.00. The molecule has 1 aliphatic rings. The van der Waals surface area contributed by atoms with Crippen LogP contribution in [0.3, 0.4) is 0 Å². The van der Waals surface area contributed by atoms with E-state index in [9.17, 15) is 0 Å². The van der Waals surface area contributed by atoms with E-state index in [1.54, 1.807) is 11.3 Å². The summed E-state index contributed by atoms with van der Waals surface area (Å²) in [6, 6.07) is 8.79. The molecule has 1 aliphatic heterocycles. The van der Waals surface area contributed by atoms with Crippen LogP contribution < -0.4 is 5.32 Å². The topological polar surface area (TPSA) is 37.4 Å². The molecule has 5 heteroatoms. The molecule has 0 saturated carbocycles. The number of rotatable bonds is 5. The fourth-order valence-electron chi connectivity index (χ4n) is 2.49. The van der Waals surface area contributed by atoms with Gasteiger partial charge in [-0.1, -0.05) is 12.1 Å². The van der Waals surface area contributed by atoms with E-state index in [4.69, 9.17) is 4.74 Å². The number of ether oxygens (including phenoxy) is 1. The molecule has 1 aromatic heterocycles. The van der Waals surface area contributed by atoms with Gasteiger partial charge in [-0.05, 0) is 19.1 Å². The summed E-state index contributed by atoms with van der Waals surface area (Å²) in [5, 5.41) is 4.74. The number of nitrogens with zero attached hydrogens (tertiary/aromatic N) is 2. The second kappa shape index (κ2) is 6.63. The predicted molar refractivity (Wildman–Crippen MR) is 83.2 cm³/mol. The molecule has 20 heavy (non-hydrogen) atoms. The Hall–Kier alpha value is -1.01. The van der Waals surface area contributed by atoms with E-state index in [1.807, 2.05) is 6.07 Å². The maximum atomic E-state index is 5.37. The molecule has 1 atom stereocenters. The molecule has 2 aromatic rings. The van der Waals surface area contributed by atoms with Crippen LogP contribution in [-0.4, -0.2) is 48.8 Å². The number of thiazole rings is 1. The van der Waals surface area contributed by atoms with Crippen molar-refractivity contribution in [1.82, 2.24) is 15.2 Å². The van der Waals surface area contributed by atoms with Gasteiger partial charge in [0, 0.05) is 32.2 Å². The summed E-state index contributed by atoms with van der Waals surface area (Å²) >= 11 is 1.78. The Kier molecular flexibility index (Phi) is 4.62. The first-order valence-corrected chi connectivity index (χ1v) is 8.01. The Morgan fingerprint density at radius 1 is 1.35 bits per heavy atom. The Morgan fingerprint density at radius 2 is 2.15 bits per heavy atom. The van der Waals surface area contributed by atoms with Gasteiger partial charge in [0.05, 0.1) is 23.4 Å². The zero-order valence-electron chi connectivity index (χ0n) is 11.8. The number of hydrogen-bond acceptors (Lipinski definition) is 5. The smallest absolute Gasteiger partial charge is 0.108 e. The largest absolute Gasteiger partial charge is 0.379 e. The molecule has 1 aromatic carbocycles. The van der Waals surface area contributed by atoms with Crippen LogP contribution in [0, 0.1) is 0 Å². The molecular formula is C15H21N3OS. The van der Waals surface area contributed by atoms with Crippen molar-refractivity contribution in [2.45, 2.75) is 19.5 Å². The standard InChI is InChI=1S/C15H21N3OS/c1-12(11-18-6-8-19-9-7-18)16-10-15-17-13-4-2-3-5-14(13)20-15/h2-5,12,16H,6-11H2,1H3. The highest BCUT2D eigenvalue weighted by atomic mass is 32.1. The lowest BCUT2D eigenvalue weighted by molar-refractivity contribution is 0.0343. The highest BCUT2D eigenvalue weighted by Gasteiger charge is 2.13. The maximum Gasteiger partial charge on any atom is 0.108 e. The third kappa shape index (κ3) is 3.55. The minimum atomic E-state index is 0.472. The maximum absolute atomic E-state index is 5.37. The van der Waals surface area contributed by atoms with Crippen LogP contribution in [0.2, 0.25) is 0 Å². The van der Waals surface area contributed by atoms with Gasteiger partial charge in [-0.3, -0.25) is 4.90 Å². The van der Waals surface area contributed by atoms with Crippen LogP contribution in [0.15, 0.2) is 24.3 Å². The number of hydrogen-bond donors (Lipinski definition) is 1. The highest BCUT2D eigenvalue weighted by Crippen LogP contribution is 2.21. The van der Waals surface area contributed by atoms with Crippen molar-refractivity contribution in [3.8, 4) is 0 Å². The van der Waals surface area contributed by atoms with Crippen molar-refractivity contribution in [3.05, 3.63) is 29.3 Å². The zero-order valence-corrected chi connectivity index (χ0v) is 12.7. The molecular weight excluding hydrogens is 270 g/mol. The minimum absolute atomic E-state index is 0.472. The Balaban J connectivity index is 1.50. The van der Waals surface area contributed by atoms with Crippen LogP contribution >= 0.6 is 11.3 Å². The molecule has 0 bridgehead atoms. The third-order valence-electron chi connectivity index (χ3n) is 3.58. The first-order chi connectivity index (χ1) is 9.81. The second-order valence-electron chi connectivity index (χ2n) is 5.27. The molecule has 2 heterocycles. The van der Waals surface area contributed by atoms with Gasteiger partial charge in [0.1, 0.15) is 5.01 Å². The van der Waals surface area contributed by atoms with E-state index in [0.717, 1.165) is 44.9 Å². The average molecular weight is 291 g/mol. The lowest BCUT2D eigenvalue weighted by Gasteiger charge is -2.29. The van der Waals surface area contributed by atoms with Gasteiger partial charge >= 0.3 is 0 Å². The molecule has 1 unspecified atom stereocenters. The van der Waals surface area contributed by atoms with Crippen LogP contribution in [0.1, 0.15) is 11.9 Å². The number of fused-ring (bicyclic) bond motifs is 1. The van der Waals surface area contributed by atoms with Gasteiger partial charge in [-0.15, -0.1) is 11.3 Å². The summed E-state index contributed by atoms with van der Waals surface area (Å²) in [4.78, 5) is 7.11. The Morgan fingerprint density at radius 3 is 2.95 bits per heavy atom. The van der Waals surface area contributed by atoms with E-state index in [1.165, 1.54) is 9.71 Å². The molecule has 0 amide bonds. The summed E-state index contributed by atoms with van der Waals surface area (Å²) in [6.07, 6.45) is 0. The number of para-hydroxylation sites is 1. The van der Waals surface area contributed by atoms with Crippen molar-refractivity contribution in [2.75, 3.05) is 32.8 Å². The molecule has 1 saturated heterocycles. The minimum Gasteiger partial charge on any atom is -0.379 e. The predicted octanol–water partition coefficient (Wildman–Crippen LogP) is 2.11. The van der Waals surface area contributed by atoms with Crippen LogP contribution in [0.5, 0.6) is 0 Å². The van der Waals surface area contributed by atoms with Gasteiger partial charge in [0.15, 0.2) is 0 Å². The number of nitrogens with one attached hydrogen (secondary N) is 1. The highest BCUT2D eigenvalue weighted by molar-refractivity contribution is 7.18. The molecule has 0 spiro atoms. The molecule has 108 valence electrons.